The molecule has 7 heteroatoms. The van der Waals surface area contributed by atoms with Crippen molar-refractivity contribution < 1.29 is 0 Å². The Bertz CT molecular complexity index is 1030. The van der Waals surface area contributed by atoms with Crippen LogP contribution in [0.2, 0.25) is 0 Å². The van der Waals surface area contributed by atoms with E-state index in [2.05, 4.69) is 37.0 Å². The van der Waals surface area contributed by atoms with Crippen LogP contribution in [0.4, 0.5) is 5.95 Å². The molecule has 0 aliphatic carbocycles. The van der Waals surface area contributed by atoms with Crippen LogP contribution in [0.25, 0.3) is 22.2 Å². The van der Waals surface area contributed by atoms with Gasteiger partial charge in [-0.05, 0) is 30.9 Å². The van der Waals surface area contributed by atoms with Crippen LogP contribution >= 0.6 is 0 Å². The van der Waals surface area contributed by atoms with Crippen LogP contribution in [0.1, 0.15) is 18.7 Å². The second-order valence-corrected chi connectivity index (χ2v) is 7.09. The number of anilines is 1. The minimum Gasteiger partial charge on any atom is -0.342 e. The topological polar surface area (TPSA) is 75.5 Å². The third-order valence-electron chi connectivity index (χ3n) is 5.19. The lowest BCUT2D eigenvalue weighted by molar-refractivity contribution is 0.404. The number of nitrogens with one attached hydrogen (secondary N) is 1. The maximum Gasteiger partial charge on any atom is 0.227 e. The number of hydrogen-bond donors (Lipinski definition) is 1. The summed E-state index contributed by atoms with van der Waals surface area (Å²) in [7, 11) is 1.96. The minimum atomic E-state index is 0.548. The molecule has 1 unspecified atom stereocenters. The molecule has 0 spiro atoms. The molecule has 1 N–H and O–H groups in total. The van der Waals surface area contributed by atoms with Gasteiger partial charge in [-0.25, -0.2) is 15.0 Å². The summed E-state index contributed by atoms with van der Waals surface area (Å²) in [5.74, 6) is 2.40. The van der Waals surface area contributed by atoms with Gasteiger partial charge in [0.1, 0.15) is 11.3 Å². The smallest absolute Gasteiger partial charge is 0.227 e. The van der Waals surface area contributed by atoms with Crippen LogP contribution in [0.5, 0.6) is 0 Å². The Kier molecular flexibility index (Phi) is 3.58. The van der Waals surface area contributed by atoms with Crippen molar-refractivity contribution >= 4 is 28.1 Å². The number of aromatic amines is 1. The maximum atomic E-state index is 4.73. The highest BCUT2D eigenvalue weighted by Crippen LogP contribution is 2.24. The van der Waals surface area contributed by atoms with Gasteiger partial charge in [-0.15, -0.1) is 0 Å². The predicted molar refractivity (Wildman–Crippen MR) is 101 cm³/mol. The number of hydrogen-bond acceptors (Lipinski definition) is 5. The Morgan fingerprint density at radius 2 is 2.12 bits per heavy atom. The molecule has 0 radical (unpaired) electrons. The Hall–Kier alpha value is -2.96. The minimum absolute atomic E-state index is 0.548. The van der Waals surface area contributed by atoms with Gasteiger partial charge < -0.3 is 14.5 Å². The second kappa shape index (κ2) is 6.09. The first-order valence-corrected chi connectivity index (χ1v) is 9.09. The Morgan fingerprint density at radius 3 is 3.04 bits per heavy atom. The van der Waals surface area contributed by atoms with Gasteiger partial charge in [0.15, 0.2) is 5.65 Å². The van der Waals surface area contributed by atoms with E-state index in [4.69, 9.17) is 4.98 Å². The van der Waals surface area contributed by atoms with Crippen LogP contribution in [-0.4, -0.2) is 42.6 Å². The maximum absolute atomic E-state index is 4.73. The number of benzene rings is 1. The normalized spacial score (nSPS) is 18.0. The molecule has 4 heterocycles. The molecule has 0 saturated carbocycles. The molecule has 4 aromatic rings. The van der Waals surface area contributed by atoms with E-state index in [0.717, 1.165) is 59.9 Å². The molecule has 3 aromatic heterocycles. The summed E-state index contributed by atoms with van der Waals surface area (Å²) < 4.78 is 1.94. The molecule has 1 aliphatic heterocycles. The molecule has 26 heavy (non-hydrogen) atoms. The third-order valence-corrected chi connectivity index (χ3v) is 5.19. The molecule has 1 aromatic carbocycles. The lowest BCUT2D eigenvalue weighted by atomic mass is 9.95. The van der Waals surface area contributed by atoms with Crippen molar-refractivity contribution in [3.8, 4) is 0 Å². The first kappa shape index (κ1) is 15.3. The fourth-order valence-corrected chi connectivity index (χ4v) is 3.85. The lowest BCUT2D eigenvalue weighted by Gasteiger charge is -2.32. The largest absolute Gasteiger partial charge is 0.342 e. The van der Waals surface area contributed by atoms with Crippen LogP contribution in [-0.2, 0) is 13.5 Å². The van der Waals surface area contributed by atoms with E-state index in [1.807, 2.05) is 29.9 Å². The quantitative estimate of drug-likeness (QED) is 0.617. The summed E-state index contributed by atoms with van der Waals surface area (Å²) in [5.41, 5.74) is 3.87. The highest BCUT2D eigenvalue weighted by Gasteiger charge is 2.23. The molecule has 5 rings (SSSR count). The van der Waals surface area contributed by atoms with Crippen molar-refractivity contribution in [2.45, 2.75) is 19.3 Å². The van der Waals surface area contributed by atoms with Gasteiger partial charge in [-0.2, -0.15) is 4.98 Å². The van der Waals surface area contributed by atoms with E-state index in [1.54, 1.807) is 6.33 Å². The summed E-state index contributed by atoms with van der Waals surface area (Å²) in [5, 5.41) is 0. The monoisotopic (exact) mass is 347 g/mol. The molecule has 7 nitrogen and oxygen atoms in total. The van der Waals surface area contributed by atoms with Crippen molar-refractivity contribution in [1.82, 2.24) is 29.5 Å². The van der Waals surface area contributed by atoms with E-state index in [9.17, 15) is 0 Å². The molecule has 132 valence electrons. The number of aromatic nitrogens is 6. The highest BCUT2D eigenvalue weighted by molar-refractivity contribution is 5.74. The number of rotatable bonds is 3. The predicted octanol–water partition coefficient (Wildman–Crippen LogP) is 2.70. The first-order chi connectivity index (χ1) is 12.8. The van der Waals surface area contributed by atoms with Crippen molar-refractivity contribution in [3.63, 3.8) is 0 Å². The van der Waals surface area contributed by atoms with E-state index in [-0.39, 0.29) is 0 Å². The summed E-state index contributed by atoms with van der Waals surface area (Å²) >= 11 is 0. The van der Waals surface area contributed by atoms with Gasteiger partial charge in [-0.3, -0.25) is 0 Å². The molecule has 0 amide bonds. The molecular formula is C19H21N7. The summed E-state index contributed by atoms with van der Waals surface area (Å²) in [6, 6.07) is 8.20. The average Bonchev–Trinajstić information content (AvgIpc) is 3.24. The summed E-state index contributed by atoms with van der Waals surface area (Å²) in [6.45, 7) is 1.95. The van der Waals surface area contributed by atoms with Crippen LogP contribution < -0.4 is 4.90 Å². The van der Waals surface area contributed by atoms with E-state index >= 15 is 0 Å². The second-order valence-electron chi connectivity index (χ2n) is 7.09. The Morgan fingerprint density at radius 1 is 1.19 bits per heavy atom. The Labute approximate surface area is 151 Å². The van der Waals surface area contributed by atoms with Crippen LogP contribution in [0.3, 0.4) is 0 Å². The molecule has 1 fully saturated rings. The summed E-state index contributed by atoms with van der Waals surface area (Å²) in [6.07, 6.45) is 6.96. The zero-order chi connectivity index (χ0) is 17.5. The van der Waals surface area contributed by atoms with E-state index < -0.39 is 0 Å². The van der Waals surface area contributed by atoms with Crippen molar-refractivity contribution in [1.29, 1.82) is 0 Å². The molecule has 1 aliphatic rings. The third kappa shape index (κ3) is 2.69. The van der Waals surface area contributed by atoms with Crippen molar-refractivity contribution in [2.24, 2.45) is 13.0 Å². The molecule has 1 atom stereocenters. The number of para-hydroxylation sites is 2. The van der Waals surface area contributed by atoms with Gasteiger partial charge in [0.05, 0.1) is 23.6 Å². The molecule has 1 saturated heterocycles. The SMILES string of the molecule is Cn1cnc2nc(N3CCCC(Cc4nc5ccccc5[nH]4)C3)ncc21. The number of piperidine rings is 1. The van der Waals surface area contributed by atoms with E-state index in [1.165, 1.54) is 6.42 Å². The van der Waals surface area contributed by atoms with Crippen LogP contribution in [0, 0.1) is 5.92 Å². The zero-order valence-electron chi connectivity index (χ0n) is 14.8. The highest BCUT2D eigenvalue weighted by atomic mass is 15.3. The first-order valence-electron chi connectivity index (χ1n) is 9.09. The number of imidazole rings is 2. The molecular weight excluding hydrogens is 326 g/mol. The zero-order valence-corrected chi connectivity index (χ0v) is 14.8. The van der Waals surface area contributed by atoms with Gasteiger partial charge in [0, 0.05) is 26.6 Å². The van der Waals surface area contributed by atoms with Gasteiger partial charge in [-0.1, -0.05) is 12.1 Å². The fraction of sp³-hybridized carbons (Fsp3) is 0.368. The summed E-state index contributed by atoms with van der Waals surface area (Å²) in [4.78, 5) is 24.0. The molecule has 0 bridgehead atoms. The standard InChI is InChI=1S/C19H21N7/c1-25-12-21-18-16(25)10-20-19(24-18)26-8-4-5-13(11-26)9-17-22-14-6-2-3-7-15(14)23-17/h2-3,6-7,10,12-13H,4-5,8-9,11H2,1H3,(H,22,23). The van der Waals surface area contributed by atoms with Gasteiger partial charge in [0.25, 0.3) is 0 Å². The van der Waals surface area contributed by atoms with E-state index in [0.29, 0.717) is 5.92 Å². The van der Waals surface area contributed by atoms with Crippen molar-refractivity contribution in [3.05, 3.63) is 42.6 Å². The average molecular weight is 347 g/mol. The van der Waals surface area contributed by atoms with Gasteiger partial charge in [0.2, 0.25) is 5.95 Å². The van der Waals surface area contributed by atoms with Gasteiger partial charge >= 0.3 is 0 Å². The number of aryl methyl sites for hydroxylation is 1. The van der Waals surface area contributed by atoms with Crippen molar-refractivity contribution in [2.75, 3.05) is 18.0 Å². The number of nitrogens with zero attached hydrogens (tertiary/aromatic N) is 6. The lowest BCUT2D eigenvalue weighted by Crippen LogP contribution is -2.37. The fourth-order valence-electron chi connectivity index (χ4n) is 3.85. The number of fused-ring (bicyclic) bond motifs is 2. The number of H-pyrrole nitrogens is 1. The van der Waals surface area contributed by atoms with Crippen LogP contribution in [0.15, 0.2) is 36.8 Å². The Balaban J connectivity index is 1.35.